The zero-order valence-corrected chi connectivity index (χ0v) is 10.4. The Hall–Kier alpha value is -1.57. The molecule has 1 N–H and O–H groups in total. The van der Waals surface area contributed by atoms with Crippen LogP contribution in [0.4, 0.5) is 4.79 Å². The van der Waals surface area contributed by atoms with E-state index in [1.807, 2.05) is 0 Å². The summed E-state index contributed by atoms with van der Waals surface area (Å²) in [5.41, 5.74) is -1.36. The molecule has 0 aromatic heterocycles. The van der Waals surface area contributed by atoms with E-state index in [-0.39, 0.29) is 19.7 Å². The Balaban J connectivity index is 2.15. The number of hydrogen-bond donors (Lipinski definition) is 1. The zero-order chi connectivity index (χ0) is 13.6. The van der Waals surface area contributed by atoms with Gasteiger partial charge in [0, 0.05) is 13.1 Å². The first kappa shape index (κ1) is 12.9. The molecule has 2 atom stereocenters. The third kappa shape index (κ3) is 1.67. The topological polar surface area (TPSA) is 101 Å². The van der Waals surface area contributed by atoms with Crippen LogP contribution in [0.25, 0.3) is 0 Å². The number of likely N-dealkylation sites (tertiary alicyclic amines) is 1. The predicted octanol–water partition coefficient (Wildman–Crippen LogP) is -0.507. The average molecular weight is 275 g/mol. The van der Waals surface area contributed by atoms with E-state index in [1.54, 1.807) is 0 Å². The second kappa shape index (κ2) is 3.98. The largest absolute Gasteiger partial charge is 0.481 e. The van der Waals surface area contributed by atoms with Crippen LogP contribution in [0.5, 0.6) is 0 Å². The number of carboxylic acid groups (broad SMARTS) is 1. The van der Waals surface area contributed by atoms with Gasteiger partial charge in [0.1, 0.15) is 12.0 Å². The first-order chi connectivity index (χ1) is 8.33. The van der Waals surface area contributed by atoms with Crippen LogP contribution < -0.4 is 0 Å². The van der Waals surface area contributed by atoms with Crippen molar-refractivity contribution in [2.75, 3.05) is 25.4 Å². The van der Waals surface area contributed by atoms with Gasteiger partial charge in [0.15, 0.2) is 9.84 Å². The fraction of sp³-hybridized carbons (Fsp3) is 0.600. The molecule has 100 valence electrons. The van der Waals surface area contributed by atoms with Crippen molar-refractivity contribution in [3.05, 3.63) is 12.7 Å². The van der Waals surface area contributed by atoms with Gasteiger partial charge in [0.05, 0.1) is 11.0 Å². The standard InChI is InChI=1S/C10H13NO6S/c1-2-3-17-9(14)11-4-7-10(5-11,8(12)13)6-18(7,15)16/h2,7H,1,3-6H2,(H,12,13)/t7-,10+/m0/s1. The van der Waals surface area contributed by atoms with Crippen molar-refractivity contribution in [1.82, 2.24) is 4.90 Å². The number of hydrogen-bond acceptors (Lipinski definition) is 5. The molecule has 2 heterocycles. The molecule has 1 amide bonds. The minimum atomic E-state index is -3.40. The Bertz CT molecular complexity index is 512. The minimum Gasteiger partial charge on any atom is -0.481 e. The maximum atomic E-state index is 11.6. The van der Waals surface area contributed by atoms with E-state index in [1.165, 1.54) is 6.08 Å². The van der Waals surface area contributed by atoms with Crippen molar-refractivity contribution in [3.63, 3.8) is 0 Å². The number of nitrogens with zero attached hydrogens (tertiary/aromatic N) is 1. The first-order valence-corrected chi connectivity index (χ1v) is 7.02. The average Bonchev–Trinajstić information content (AvgIpc) is 2.62. The predicted molar refractivity (Wildman–Crippen MR) is 60.8 cm³/mol. The molecule has 18 heavy (non-hydrogen) atoms. The third-order valence-electron chi connectivity index (χ3n) is 3.38. The van der Waals surface area contributed by atoms with E-state index in [0.717, 1.165) is 4.90 Å². The summed E-state index contributed by atoms with van der Waals surface area (Å²) in [6.07, 6.45) is 0.673. The molecule has 0 aromatic rings. The normalized spacial score (nSPS) is 32.2. The molecule has 0 unspecified atom stereocenters. The van der Waals surface area contributed by atoms with Gasteiger partial charge in [-0.15, -0.1) is 0 Å². The van der Waals surface area contributed by atoms with E-state index in [2.05, 4.69) is 6.58 Å². The smallest absolute Gasteiger partial charge is 0.410 e. The summed E-state index contributed by atoms with van der Waals surface area (Å²) in [6, 6.07) is 0. The highest BCUT2D eigenvalue weighted by Gasteiger charge is 2.68. The molecule has 0 radical (unpaired) electrons. The van der Waals surface area contributed by atoms with Gasteiger partial charge in [-0.05, 0) is 0 Å². The molecule has 0 spiro atoms. The fourth-order valence-electron chi connectivity index (χ4n) is 2.47. The molecule has 7 nitrogen and oxygen atoms in total. The van der Waals surface area contributed by atoms with Gasteiger partial charge in [-0.2, -0.15) is 0 Å². The lowest BCUT2D eigenvalue weighted by Crippen LogP contribution is -2.61. The Morgan fingerprint density at radius 3 is 2.67 bits per heavy atom. The Labute approximate surface area is 104 Å². The summed E-state index contributed by atoms with van der Waals surface area (Å²) in [5.74, 6) is -1.59. The Morgan fingerprint density at radius 2 is 2.22 bits per heavy atom. The van der Waals surface area contributed by atoms with Gasteiger partial charge in [-0.1, -0.05) is 12.7 Å². The van der Waals surface area contributed by atoms with Crippen LogP contribution in [0.1, 0.15) is 0 Å². The van der Waals surface area contributed by atoms with Crippen molar-refractivity contribution in [3.8, 4) is 0 Å². The summed E-state index contributed by atoms with van der Waals surface area (Å²) in [7, 11) is -3.40. The lowest BCUT2D eigenvalue weighted by atomic mass is 9.88. The quantitative estimate of drug-likeness (QED) is 0.696. The number of carboxylic acids is 1. The van der Waals surface area contributed by atoms with Crippen molar-refractivity contribution in [2.45, 2.75) is 5.25 Å². The van der Waals surface area contributed by atoms with Gasteiger partial charge in [0.2, 0.25) is 0 Å². The van der Waals surface area contributed by atoms with Crippen LogP contribution in [0.3, 0.4) is 0 Å². The molecule has 2 rings (SSSR count). The van der Waals surface area contributed by atoms with E-state index < -0.39 is 38.3 Å². The molecule has 0 saturated carbocycles. The van der Waals surface area contributed by atoms with Crippen LogP contribution in [-0.4, -0.2) is 61.2 Å². The Kier molecular flexibility index (Phi) is 2.84. The number of aliphatic carboxylic acids is 1. The molecule has 0 aromatic carbocycles. The molecule has 0 aliphatic carbocycles. The maximum absolute atomic E-state index is 11.6. The van der Waals surface area contributed by atoms with Gasteiger partial charge in [-0.25, -0.2) is 13.2 Å². The molecule has 2 aliphatic heterocycles. The fourth-order valence-corrected chi connectivity index (χ4v) is 4.86. The van der Waals surface area contributed by atoms with Crippen molar-refractivity contribution >= 4 is 21.9 Å². The molecular weight excluding hydrogens is 262 g/mol. The van der Waals surface area contributed by atoms with E-state index >= 15 is 0 Å². The molecule has 2 aliphatic rings. The minimum absolute atomic E-state index is 0.00677. The molecule has 2 saturated heterocycles. The lowest BCUT2D eigenvalue weighted by molar-refractivity contribution is -0.147. The van der Waals surface area contributed by atoms with Crippen LogP contribution in [-0.2, 0) is 19.4 Å². The third-order valence-corrected chi connectivity index (χ3v) is 5.76. The van der Waals surface area contributed by atoms with E-state index in [9.17, 15) is 18.0 Å². The highest BCUT2D eigenvalue weighted by atomic mass is 32.2. The number of ether oxygens (including phenoxy) is 1. The number of carbonyl (C=O) groups is 2. The number of rotatable bonds is 3. The first-order valence-electron chi connectivity index (χ1n) is 5.31. The van der Waals surface area contributed by atoms with Gasteiger partial charge < -0.3 is 14.7 Å². The molecular formula is C10H13NO6S. The molecule has 0 bridgehead atoms. The summed E-state index contributed by atoms with van der Waals surface area (Å²) in [6.45, 7) is 3.14. The van der Waals surface area contributed by atoms with Gasteiger partial charge in [0.25, 0.3) is 0 Å². The van der Waals surface area contributed by atoms with Crippen molar-refractivity contribution in [1.29, 1.82) is 0 Å². The number of sulfone groups is 1. The van der Waals surface area contributed by atoms with Crippen LogP contribution >= 0.6 is 0 Å². The van der Waals surface area contributed by atoms with Crippen LogP contribution in [0, 0.1) is 5.41 Å². The highest BCUT2D eigenvalue weighted by molar-refractivity contribution is 7.93. The van der Waals surface area contributed by atoms with Crippen molar-refractivity contribution < 1.29 is 27.9 Å². The van der Waals surface area contributed by atoms with E-state index in [4.69, 9.17) is 9.84 Å². The van der Waals surface area contributed by atoms with E-state index in [0.29, 0.717) is 0 Å². The van der Waals surface area contributed by atoms with Crippen LogP contribution in [0.2, 0.25) is 0 Å². The number of amides is 1. The number of fused-ring (bicyclic) bond motifs is 1. The maximum Gasteiger partial charge on any atom is 0.410 e. The second-order valence-electron chi connectivity index (χ2n) is 4.50. The molecule has 8 heteroatoms. The SMILES string of the molecule is C=CCOC(=O)N1C[C@H]2[C@@](C(=O)O)(C1)CS2(=O)=O. The Morgan fingerprint density at radius 1 is 1.56 bits per heavy atom. The van der Waals surface area contributed by atoms with Gasteiger partial charge >= 0.3 is 12.1 Å². The summed E-state index contributed by atoms with van der Waals surface area (Å²) >= 11 is 0. The summed E-state index contributed by atoms with van der Waals surface area (Å²) in [5, 5.41) is 8.13. The summed E-state index contributed by atoms with van der Waals surface area (Å²) < 4.78 is 27.8. The highest BCUT2D eigenvalue weighted by Crippen LogP contribution is 2.46. The zero-order valence-electron chi connectivity index (χ0n) is 9.53. The second-order valence-corrected chi connectivity index (χ2v) is 6.69. The monoisotopic (exact) mass is 275 g/mol. The van der Waals surface area contributed by atoms with Gasteiger partial charge in [-0.3, -0.25) is 4.79 Å². The van der Waals surface area contributed by atoms with Crippen molar-refractivity contribution in [2.24, 2.45) is 5.41 Å². The number of carbonyl (C=O) groups excluding carboxylic acids is 1. The lowest BCUT2D eigenvalue weighted by Gasteiger charge is -2.38. The summed E-state index contributed by atoms with van der Waals surface area (Å²) in [4.78, 5) is 23.9. The van der Waals surface area contributed by atoms with Crippen LogP contribution in [0.15, 0.2) is 12.7 Å². The molecule has 2 fully saturated rings.